The summed E-state index contributed by atoms with van der Waals surface area (Å²) in [5.74, 6) is -1.87. The molecule has 7 rings (SSSR count). The molecule has 5 amide bonds. The van der Waals surface area contributed by atoms with Crippen LogP contribution in [0.5, 0.6) is 5.75 Å². The molecule has 0 spiro atoms. The van der Waals surface area contributed by atoms with Crippen LogP contribution in [-0.4, -0.2) is 115 Å². The summed E-state index contributed by atoms with van der Waals surface area (Å²) in [6.07, 6.45) is 2.01. The number of amides is 5. The molecular weight excluding hydrogens is 799 g/mol. The predicted molar refractivity (Wildman–Crippen MR) is 209 cm³/mol. The normalized spacial score (nSPS) is 17.8. The second-order valence-electron chi connectivity index (χ2n) is 13.2. The van der Waals surface area contributed by atoms with Crippen molar-refractivity contribution in [2.75, 3.05) is 69.2 Å². The first-order valence-corrected chi connectivity index (χ1v) is 19.8. The molecule has 2 fully saturated rings. The molecule has 16 nitrogen and oxygen atoms in total. The largest absolute Gasteiger partial charge is 0.486 e. The minimum Gasteiger partial charge on any atom is -0.486 e. The number of nitrogens with zero attached hydrogens (tertiary/aromatic N) is 3. The molecule has 19 heteroatoms. The number of aromatic nitrogens is 2. The predicted octanol–water partition coefficient (Wildman–Crippen LogP) is 4.52. The smallest absolute Gasteiger partial charge is 0.263 e. The van der Waals surface area contributed by atoms with Crippen LogP contribution in [0.4, 0.5) is 21.6 Å². The molecule has 4 heterocycles. The molecule has 3 N–H and O–H groups in total. The average molecular weight is 837 g/mol. The Labute approximate surface area is 340 Å². The van der Waals surface area contributed by atoms with Crippen molar-refractivity contribution in [1.29, 1.82) is 0 Å². The van der Waals surface area contributed by atoms with Gasteiger partial charge in [-0.2, -0.15) is 0 Å². The number of halogens is 2. The summed E-state index contributed by atoms with van der Waals surface area (Å²) in [6.45, 7) is 1.99. The molecule has 0 bridgehead atoms. The lowest BCUT2D eigenvalue weighted by atomic mass is 10.0. The average Bonchev–Trinajstić information content (AvgIpc) is 3.81. The van der Waals surface area contributed by atoms with Crippen molar-refractivity contribution in [2.45, 2.75) is 36.3 Å². The fourth-order valence-electron chi connectivity index (χ4n) is 6.48. The highest BCUT2D eigenvalue weighted by Crippen LogP contribution is 2.36. The zero-order chi connectivity index (χ0) is 40.6. The van der Waals surface area contributed by atoms with Gasteiger partial charge in [-0.1, -0.05) is 17.7 Å². The van der Waals surface area contributed by atoms with E-state index in [2.05, 4.69) is 25.9 Å². The second kappa shape index (κ2) is 19.0. The number of ether oxygens (including phenoxy) is 5. The molecule has 0 radical (unpaired) electrons. The molecule has 2 saturated heterocycles. The van der Waals surface area contributed by atoms with Gasteiger partial charge in [-0.05, 0) is 42.8 Å². The number of carbonyl (C=O) groups excluding carboxylic acids is 5. The van der Waals surface area contributed by atoms with E-state index in [1.165, 1.54) is 36.3 Å². The maximum absolute atomic E-state index is 13.7. The SMILES string of the molecule is O=C1CCC(N2C(=O)c3cccc(SCCOCCOCCOCC(=O)Nc4cc5c(Nc6ccc(F)c(Cl)c6)ncnc5cc4O[C@H]4CCOC4)c3C2=O)C(=O)N1. The Morgan fingerprint density at radius 3 is 2.57 bits per heavy atom. The first-order chi connectivity index (χ1) is 28.2. The number of hydrogen-bond acceptors (Lipinski definition) is 14. The van der Waals surface area contributed by atoms with E-state index in [0.29, 0.717) is 77.3 Å². The number of fused-ring (bicyclic) bond motifs is 2. The van der Waals surface area contributed by atoms with Gasteiger partial charge < -0.3 is 34.3 Å². The van der Waals surface area contributed by atoms with Gasteiger partial charge in [0.1, 0.15) is 42.5 Å². The fourth-order valence-corrected chi connectivity index (χ4v) is 7.60. The molecule has 1 aromatic heterocycles. The van der Waals surface area contributed by atoms with E-state index in [0.717, 1.165) is 4.90 Å². The molecule has 3 aromatic carbocycles. The maximum Gasteiger partial charge on any atom is 0.263 e. The Hall–Kier alpha value is -5.24. The van der Waals surface area contributed by atoms with Crippen molar-refractivity contribution >= 4 is 81.0 Å². The maximum atomic E-state index is 13.7. The minimum atomic E-state index is -1.03. The third-order valence-corrected chi connectivity index (χ3v) is 10.6. The molecule has 58 heavy (non-hydrogen) atoms. The van der Waals surface area contributed by atoms with Gasteiger partial charge in [-0.3, -0.25) is 34.2 Å². The minimum absolute atomic E-state index is 0.0488. The Morgan fingerprint density at radius 2 is 1.79 bits per heavy atom. The Bertz CT molecular complexity index is 2230. The van der Waals surface area contributed by atoms with Crippen molar-refractivity contribution in [3.05, 3.63) is 76.8 Å². The topological polar surface area (TPSA) is 197 Å². The van der Waals surface area contributed by atoms with Gasteiger partial charge in [0.2, 0.25) is 17.7 Å². The van der Waals surface area contributed by atoms with E-state index in [1.807, 2.05) is 0 Å². The summed E-state index contributed by atoms with van der Waals surface area (Å²) < 4.78 is 42.2. The summed E-state index contributed by atoms with van der Waals surface area (Å²) >= 11 is 7.32. The Morgan fingerprint density at radius 1 is 0.983 bits per heavy atom. The van der Waals surface area contributed by atoms with Gasteiger partial charge in [0, 0.05) is 40.6 Å². The molecule has 304 valence electrons. The van der Waals surface area contributed by atoms with Gasteiger partial charge in [0.25, 0.3) is 11.8 Å². The summed E-state index contributed by atoms with van der Waals surface area (Å²) in [6, 6.07) is 11.6. The van der Waals surface area contributed by atoms with Crippen molar-refractivity contribution in [3.8, 4) is 5.75 Å². The molecule has 0 aliphatic carbocycles. The van der Waals surface area contributed by atoms with Gasteiger partial charge in [-0.25, -0.2) is 14.4 Å². The second-order valence-corrected chi connectivity index (χ2v) is 14.8. The number of hydrogen-bond donors (Lipinski definition) is 3. The quantitative estimate of drug-likeness (QED) is 0.0719. The van der Waals surface area contributed by atoms with Crippen LogP contribution in [0.3, 0.4) is 0 Å². The monoisotopic (exact) mass is 836 g/mol. The molecule has 2 atom stereocenters. The summed E-state index contributed by atoms with van der Waals surface area (Å²) in [4.78, 5) is 73.5. The van der Waals surface area contributed by atoms with Crippen LogP contribution in [0.2, 0.25) is 5.02 Å². The molecule has 3 aliphatic rings. The number of nitrogens with one attached hydrogen (secondary N) is 3. The van der Waals surface area contributed by atoms with Crippen LogP contribution in [0, 0.1) is 5.82 Å². The lowest BCUT2D eigenvalue weighted by molar-refractivity contribution is -0.136. The van der Waals surface area contributed by atoms with Gasteiger partial charge in [0.05, 0.1) is 73.6 Å². The molecule has 0 saturated carbocycles. The molecular formula is C39H38ClFN6O10S. The number of rotatable bonds is 18. The van der Waals surface area contributed by atoms with E-state index in [1.54, 1.807) is 30.3 Å². The highest BCUT2D eigenvalue weighted by atomic mass is 35.5. The van der Waals surface area contributed by atoms with Gasteiger partial charge in [-0.15, -0.1) is 11.8 Å². The summed E-state index contributed by atoms with van der Waals surface area (Å²) in [5.41, 5.74) is 1.90. The van der Waals surface area contributed by atoms with Crippen molar-refractivity contribution in [1.82, 2.24) is 20.2 Å². The standard InChI is InChI=1S/C39H38ClFN6O10S/c40-26-16-22(4-5-27(26)41)44-36-25-17-29(31(18-28(25)42-21-43-36)57-23-8-9-55-19-23)45-34(49)20-56-13-12-53-10-11-54-14-15-58-32-3-1-2-24-35(32)39(52)47(38(24)51)30-6-7-33(48)46-37(30)50/h1-5,16-18,21,23,30H,6-15,19-20H2,(H,45,49)(H,42,43,44)(H,46,48,50)/t23-,30?/m0/s1. The van der Waals surface area contributed by atoms with Crippen LogP contribution in [-0.2, 0) is 33.3 Å². The highest BCUT2D eigenvalue weighted by molar-refractivity contribution is 7.99. The van der Waals surface area contributed by atoms with Crippen molar-refractivity contribution in [2.24, 2.45) is 0 Å². The number of anilines is 3. The number of benzene rings is 3. The van der Waals surface area contributed by atoms with E-state index < -0.39 is 41.4 Å². The van der Waals surface area contributed by atoms with Crippen molar-refractivity contribution < 1.29 is 52.0 Å². The first-order valence-electron chi connectivity index (χ1n) is 18.4. The highest BCUT2D eigenvalue weighted by Gasteiger charge is 2.45. The van der Waals surface area contributed by atoms with E-state index >= 15 is 0 Å². The number of piperidine rings is 1. The third-order valence-electron chi connectivity index (χ3n) is 9.27. The van der Waals surface area contributed by atoms with Crippen LogP contribution >= 0.6 is 23.4 Å². The zero-order valence-corrected chi connectivity index (χ0v) is 32.5. The lowest BCUT2D eigenvalue weighted by Crippen LogP contribution is -2.54. The van der Waals surface area contributed by atoms with Crippen LogP contribution < -0.4 is 20.7 Å². The summed E-state index contributed by atoms with van der Waals surface area (Å²) in [5, 5.41) is 8.70. The molecule has 4 aromatic rings. The van der Waals surface area contributed by atoms with E-state index in [4.69, 9.17) is 35.3 Å². The third kappa shape index (κ3) is 9.71. The Balaban J connectivity index is 0.833. The van der Waals surface area contributed by atoms with E-state index in [9.17, 15) is 28.4 Å². The van der Waals surface area contributed by atoms with Crippen LogP contribution in [0.1, 0.15) is 40.0 Å². The lowest BCUT2D eigenvalue weighted by Gasteiger charge is -2.27. The molecule has 1 unspecified atom stereocenters. The van der Waals surface area contributed by atoms with E-state index in [-0.39, 0.29) is 61.5 Å². The number of imide groups is 2. The zero-order valence-electron chi connectivity index (χ0n) is 30.9. The number of carbonyl (C=O) groups is 5. The first kappa shape index (κ1) is 40.9. The molecule has 3 aliphatic heterocycles. The Kier molecular flexibility index (Phi) is 13.4. The number of thioether (sulfide) groups is 1. The fraction of sp³-hybridized carbons (Fsp3) is 0.359. The van der Waals surface area contributed by atoms with Crippen molar-refractivity contribution in [3.63, 3.8) is 0 Å². The van der Waals surface area contributed by atoms with Crippen LogP contribution in [0.15, 0.2) is 59.8 Å². The van der Waals surface area contributed by atoms with Gasteiger partial charge in [0.15, 0.2) is 0 Å². The van der Waals surface area contributed by atoms with Gasteiger partial charge >= 0.3 is 0 Å². The summed E-state index contributed by atoms with van der Waals surface area (Å²) in [7, 11) is 0. The van der Waals surface area contributed by atoms with Crippen LogP contribution in [0.25, 0.3) is 10.9 Å².